The van der Waals surface area contributed by atoms with Crippen LogP contribution in [0.25, 0.3) is 0 Å². The van der Waals surface area contributed by atoms with E-state index in [0.29, 0.717) is 12.1 Å². The molecule has 0 saturated heterocycles. The molecule has 3 aromatic carbocycles. The molecule has 2 N–H and O–H groups in total. The van der Waals surface area contributed by atoms with Gasteiger partial charge >= 0.3 is 6.09 Å². The summed E-state index contributed by atoms with van der Waals surface area (Å²) >= 11 is 0. The third-order valence-electron chi connectivity index (χ3n) is 4.54. The van der Waals surface area contributed by atoms with Crippen molar-refractivity contribution < 1.29 is 18.6 Å². The number of ether oxygens (including phenoxy) is 1. The van der Waals surface area contributed by atoms with Gasteiger partial charge in [-0.2, -0.15) is 0 Å². The van der Waals surface area contributed by atoms with Crippen LogP contribution in [0, 0.1) is 0 Å². The molecule has 0 radical (unpaired) electrons. The zero-order valence-corrected chi connectivity index (χ0v) is 17.6. The van der Waals surface area contributed by atoms with Crippen LogP contribution in [0.3, 0.4) is 0 Å². The van der Waals surface area contributed by atoms with Gasteiger partial charge in [0.05, 0.1) is 0 Å². The molecule has 0 aliphatic carbocycles. The highest BCUT2D eigenvalue weighted by Crippen LogP contribution is 2.54. The highest BCUT2D eigenvalue weighted by Gasteiger charge is 2.36. The molecule has 0 aliphatic rings. The number of hydrogen-bond acceptors (Lipinski definition) is 4. The lowest BCUT2D eigenvalue weighted by atomic mass is 10.2. The summed E-state index contributed by atoms with van der Waals surface area (Å²) in [4.78, 5) is 12.5. The fraction of sp³-hybridized carbons (Fsp3) is 0.174. The van der Waals surface area contributed by atoms with E-state index in [2.05, 4.69) is 10.4 Å². The molecule has 7 heteroatoms. The average Bonchev–Trinajstić information content (AvgIpc) is 2.81. The van der Waals surface area contributed by atoms with Gasteiger partial charge < -0.3 is 14.6 Å². The van der Waals surface area contributed by atoms with Crippen molar-refractivity contribution in [1.82, 2.24) is 10.4 Å². The highest BCUT2D eigenvalue weighted by atomic mass is 31.2. The van der Waals surface area contributed by atoms with Crippen molar-refractivity contribution in [2.24, 2.45) is 0 Å². The molecule has 2 atom stereocenters. The normalized spacial score (nSPS) is 13.8. The van der Waals surface area contributed by atoms with Gasteiger partial charge in [-0.1, -0.05) is 91.0 Å². The van der Waals surface area contributed by atoms with E-state index < -0.39 is 19.4 Å². The summed E-state index contributed by atoms with van der Waals surface area (Å²) in [6.45, 7) is 0.443. The maximum Gasteiger partial charge on any atom is 0.408 e. The van der Waals surface area contributed by atoms with E-state index in [0.717, 1.165) is 11.1 Å². The zero-order valence-electron chi connectivity index (χ0n) is 16.7. The standard InChI is InChI=1S/C23H25N2O4P/c1-28-30(27,24-17-19-11-5-2-6-12-19)22(21-15-9-4-10-16-21)25-23(26)29-18-20-13-7-3-8-14-20/h2-16,22H,17-18H2,1H3,(H,24,27)(H,25,26)/t22-,30?/m1/s1. The van der Waals surface area contributed by atoms with Crippen molar-refractivity contribution in [3.8, 4) is 0 Å². The molecule has 156 valence electrons. The van der Waals surface area contributed by atoms with Crippen LogP contribution in [-0.4, -0.2) is 13.2 Å². The predicted octanol–water partition coefficient (Wildman–Crippen LogP) is 5.24. The van der Waals surface area contributed by atoms with Crippen LogP contribution in [0.4, 0.5) is 4.79 Å². The maximum atomic E-state index is 13.7. The van der Waals surface area contributed by atoms with Crippen molar-refractivity contribution >= 4 is 13.6 Å². The molecule has 1 unspecified atom stereocenters. The first-order valence-corrected chi connectivity index (χ1v) is 11.3. The Hall–Kier alpha value is -2.92. The first-order chi connectivity index (χ1) is 14.6. The van der Waals surface area contributed by atoms with Gasteiger partial charge in [-0.05, 0) is 16.7 Å². The molecule has 0 heterocycles. The summed E-state index contributed by atoms with van der Waals surface area (Å²) in [6, 6.07) is 28.0. The molecule has 0 saturated carbocycles. The van der Waals surface area contributed by atoms with Crippen LogP contribution in [-0.2, 0) is 27.0 Å². The Labute approximate surface area is 176 Å². The fourth-order valence-corrected chi connectivity index (χ4v) is 4.70. The number of carbonyl (C=O) groups is 1. The first kappa shape index (κ1) is 21.8. The molecule has 3 aromatic rings. The molecule has 0 spiro atoms. The van der Waals surface area contributed by atoms with Crippen molar-refractivity contribution in [1.29, 1.82) is 0 Å². The second-order valence-electron chi connectivity index (χ2n) is 6.62. The van der Waals surface area contributed by atoms with E-state index in [1.165, 1.54) is 7.11 Å². The fourth-order valence-electron chi connectivity index (χ4n) is 2.93. The van der Waals surface area contributed by atoms with E-state index in [9.17, 15) is 9.36 Å². The Morgan fingerprint density at radius 1 is 0.867 bits per heavy atom. The lowest BCUT2D eigenvalue weighted by Crippen LogP contribution is -2.32. The van der Waals surface area contributed by atoms with Crippen molar-refractivity contribution in [2.75, 3.05) is 7.11 Å². The van der Waals surface area contributed by atoms with E-state index in [1.54, 1.807) is 12.1 Å². The summed E-state index contributed by atoms with van der Waals surface area (Å²) in [6.07, 6.45) is -0.675. The van der Waals surface area contributed by atoms with Crippen molar-refractivity contribution in [3.63, 3.8) is 0 Å². The molecule has 0 aromatic heterocycles. The Balaban J connectivity index is 1.75. The first-order valence-electron chi connectivity index (χ1n) is 9.57. The zero-order chi connectivity index (χ0) is 21.2. The van der Waals surface area contributed by atoms with Crippen LogP contribution < -0.4 is 10.4 Å². The minimum atomic E-state index is -3.51. The summed E-state index contributed by atoms with van der Waals surface area (Å²) in [5.41, 5.74) is 2.47. The van der Waals surface area contributed by atoms with E-state index in [1.807, 2.05) is 78.9 Å². The van der Waals surface area contributed by atoms with Crippen LogP contribution in [0.15, 0.2) is 91.0 Å². The van der Waals surface area contributed by atoms with Crippen LogP contribution >= 0.6 is 7.52 Å². The topological polar surface area (TPSA) is 76.7 Å². The second-order valence-corrected chi connectivity index (χ2v) is 9.01. The van der Waals surface area contributed by atoms with Gasteiger partial charge in [-0.25, -0.2) is 9.88 Å². The molecule has 30 heavy (non-hydrogen) atoms. The summed E-state index contributed by atoms with van der Waals surface area (Å²) in [5.74, 6) is -0.907. The number of carbonyl (C=O) groups excluding carboxylic acids is 1. The van der Waals surface area contributed by atoms with Gasteiger partial charge in [-0.15, -0.1) is 0 Å². The molecule has 6 nitrogen and oxygen atoms in total. The smallest absolute Gasteiger partial charge is 0.408 e. The number of nitrogens with one attached hydrogen (secondary N) is 2. The lowest BCUT2D eigenvalue weighted by molar-refractivity contribution is 0.137. The minimum Gasteiger partial charge on any atom is -0.445 e. The average molecular weight is 424 g/mol. The molecule has 0 aliphatic heterocycles. The molecule has 0 fully saturated rings. The Morgan fingerprint density at radius 3 is 1.97 bits per heavy atom. The van der Waals surface area contributed by atoms with Gasteiger partial charge in [0.1, 0.15) is 12.4 Å². The van der Waals surface area contributed by atoms with Gasteiger partial charge in [0.2, 0.25) is 0 Å². The third-order valence-corrected chi connectivity index (χ3v) is 6.79. The number of alkyl carbamates (subject to hydrolysis) is 1. The number of rotatable bonds is 9. The van der Waals surface area contributed by atoms with E-state index in [4.69, 9.17) is 9.26 Å². The van der Waals surface area contributed by atoms with Crippen molar-refractivity contribution in [2.45, 2.75) is 18.9 Å². The third kappa shape index (κ3) is 6.04. The van der Waals surface area contributed by atoms with E-state index >= 15 is 0 Å². The maximum absolute atomic E-state index is 13.7. The second kappa shape index (κ2) is 10.7. The van der Waals surface area contributed by atoms with E-state index in [-0.39, 0.29) is 6.61 Å². The largest absolute Gasteiger partial charge is 0.445 e. The van der Waals surface area contributed by atoms with Crippen molar-refractivity contribution in [3.05, 3.63) is 108 Å². The number of amides is 1. The molecule has 1 amide bonds. The molecule has 3 rings (SSSR count). The van der Waals surface area contributed by atoms with Gasteiger partial charge in [-0.3, -0.25) is 4.57 Å². The van der Waals surface area contributed by atoms with Crippen LogP contribution in [0.1, 0.15) is 22.5 Å². The monoisotopic (exact) mass is 424 g/mol. The van der Waals surface area contributed by atoms with Crippen LogP contribution in [0.5, 0.6) is 0 Å². The molecule has 0 bridgehead atoms. The molecular formula is C23H25N2O4P. The summed E-state index contributed by atoms with van der Waals surface area (Å²) < 4.78 is 24.4. The minimum absolute atomic E-state index is 0.114. The summed E-state index contributed by atoms with van der Waals surface area (Å²) in [5, 5.41) is 5.72. The SMILES string of the molecule is COP(=O)(NCc1ccccc1)[C@@H](NC(=O)OCc1ccccc1)c1ccccc1. The van der Waals surface area contributed by atoms with Gasteiger partial charge in [0, 0.05) is 13.7 Å². The lowest BCUT2D eigenvalue weighted by Gasteiger charge is -2.27. The Kier molecular flexibility index (Phi) is 7.80. The van der Waals surface area contributed by atoms with Crippen LogP contribution in [0.2, 0.25) is 0 Å². The quantitative estimate of drug-likeness (QED) is 0.460. The van der Waals surface area contributed by atoms with Gasteiger partial charge in [0.25, 0.3) is 7.52 Å². The number of hydrogen-bond donors (Lipinski definition) is 2. The Bertz CT molecular complexity index is 968. The van der Waals surface area contributed by atoms with Gasteiger partial charge in [0.15, 0.2) is 0 Å². The number of benzene rings is 3. The summed E-state index contributed by atoms with van der Waals surface area (Å²) in [7, 11) is -2.14. The predicted molar refractivity (Wildman–Crippen MR) is 117 cm³/mol. The Morgan fingerprint density at radius 2 is 1.40 bits per heavy atom. The molecular weight excluding hydrogens is 399 g/mol. The highest BCUT2D eigenvalue weighted by molar-refractivity contribution is 7.57.